The Hall–Kier alpha value is -1.48. The number of ether oxygens (including phenoxy) is 3. The fourth-order valence-corrected chi connectivity index (χ4v) is 3.60. The van der Waals surface area contributed by atoms with Gasteiger partial charge in [-0.05, 0) is 33.3 Å². The predicted molar refractivity (Wildman–Crippen MR) is 106 cm³/mol. The Kier molecular flexibility index (Phi) is 9.75. The summed E-state index contributed by atoms with van der Waals surface area (Å²) in [5.41, 5.74) is -1.47. The largest absolute Gasteiger partial charge is 0.458 e. The highest BCUT2D eigenvalue weighted by molar-refractivity contribution is 5.82. The van der Waals surface area contributed by atoms with E-state index in [0.29, 0.717) is 6.42 Å². The molecule has 8 nitrogen and oxygen atoms in total. The van der Waals surface area contributed by atoms with Gasteiger partial charge in [0.15, 0.2) is 0 Å². The normalized spacial score (nSPS) is 37.3. The van der Waals surface area contributed by atoms with Crippen LogP contribution in [0.25, 0.3) is 0 Å². The van der Waals surface area contributed by atoms with Crippen molar-refractivity contribution in [3.8, 4) is 0 Å². The second kappa shape index (κ2) is 11.1. The van der Waals surface area contributed by atoms with Crippen molar-refractivity contribution in [1.82, 2.24) is 0 Å². The van der Waals surface area contributed by atoms with Crippen molar-refractivity contribution >= 4 is 11.9 Å². The number of carbonyl (C=O) groups excluding carboxylic acids is 2. The number of unbranched alkanes of at least 4 members (excludes halogenated alkanes) is 1. The van der Waals surface area contributed by atoms with Gasteiger partial charge in [0, 0.05) is 19.1 Å². The predicted octanol–water partition coefficient (Wildman–Crippen LogP) is 1.35. The minimum Gasteiger partial charge on any atom is -0.458 e. The van der Waals surface area contributed by atoms with Crippen LogP contribution in [-0.4, -0.2) is 70.5 Å². The van der Waals surface area contributed by atoms with Gasteiger partial charge in [-0.25, -0.2) is 4.79 Å². The molecule has 0 saturated carbocycles. The fourth-order valence-electron chi connectivity index (χ4n) is 3.60. The van der Waals surface area contributed by atoms with E-state index in [2.05, 4.69) is 0 Å². The summed E-state index contributed by atoms with van der Waals surface area (Å²) in [6, 6.07) is 0. The van der Waals surface area contributed by atoms with E-state index >= 15 is 0 Å². The maximum absolute atomic E-state index is 12.4. The number of esters is 2. The van der Waals surface area contributed by atoms with Crippen molar-refractivity contribution in [2.24, 2.45) is 11.8 Å². The molecule has 1 heterocycles. The Bertz CT molecular complexity index is 577. The molecule has 1 saturated heterocycles. The summed E-state index contributed by atoms with van der Waals surface area (Å²) in [6.07, 6.45) is -0.388. The Morgan fingerprint density at radius 2 is 1.90 bits per heavy atom. The summed E-state index contributed by atoms with van der Waals surface area (Å²) in [6.45, 7) is 8.19. The molecule has 0 aromatic heterocycles. The molecular weight excluding hydrogens is 380 g/mol. The van der Waals surface area contributed by atoms with E-state index in [0.717, 1.165) is 18.9 Å². The van der Waals surface area contributed by atoms with Gasteiger partial charge in [0.25, 0.3) is 0 Å². The molecule has 0 bridgehead atoms. The molecule has 168 valence electrons. The minimum atomic E-state index is -1.47. The average molecular weight is 417 g/mol. The van der Waals surface area contributed by atoms with Crippen LogP contribution < -0.4 is 0 Å². The topological polar surface area (TPSA) is 123 Å². The zero-order valence-corrected chi connectivity index (χ0v) is 18.2. The van der Waals surface area contributed by atoms with Crippen LogP contribution in [0.2, 0.25) is 0 Å². The van der Waals surface area contributed by atoms with Crippen LogP contribution in [-0.2, 0) is 23.8 Å². The monoisotopic (exact) mass is 416 g/mol. The second-order valence-corrected chi connectivity index (χ2v) is 8.04. The summed E-state index contributed by atoms with van der Waals surface area (Å²) < 4.78 is 16.3. The molecule has 0 aromatic rings. The molecule has 1 aliphatic heterocycles. The van der Waals surface area contributed by atoms with Gasteiger partial charge in [-0.3, -0.25) is 4.79 Å². The number of carbonyl (C=O) groups is 2. The maximum atomic E-state index is 12.4. The molecule has 1 rings (SSSR count). The summed E-state index contributed by atoms with van der Waals surface area (Å²) in [7, 11) is 1.33. The van der Waals surface area contributed by atoms with Gasteiger partial charge in [-0.1, -0.05) is 26.7 Å². The zero-order chi connectivity index (χ0) is 22.4. The van der Waals surface area contributed by atoms with Gasteiger partial charge < -0.3 is 29.5 Å². The summed E-state index contributed by atoms with van der Waals surface area (Å²) in [5.74, 6) is -3.07. The third-order valence-electron chi connectivity index (χ3n) is 5.80. The van der Waals surface area contributed by atoms with E-state index in [4.69, 9.17) is 14.2 Å². The molecule has 29 heavy (non-hydrogen) atoms. The van der Waals surface area contributed by atoms with E-state index < -0.39 is 59.9 Å². The minimum absolute atomic E-state index is 0.537. The summed E-state index contributed by atoms with van der Waals surface area (Å²) in [5, 5.41) is 31.4. The standard InChI is InChI=1S/C21H36O8/c1-7-8-9-15(22)10-11-16(23)29-17-12(2)18(24)21(5,27-6)19(25)13(3)20(26)28-14(17)4/h10-15,17-19,22,24-25H,7-9H2,1-6H3. The van der Waals surface area contributed by atoms with E-state index in [1.54, 1.807) is 13.8 Å². The first-order valence-corrected chi connectivity index (χ1v) is 10.2. The van der Waals surface area contributed by atoms with Gasteiger partial charge in [-0.15, -0.1) is 0 Å². The molecule has 0 radical (unpaired) electrons. The van der Waals surface area contributed by atoms with E-state index in [1.165, 1.54) is 27.0 Å². The lowest BCUT2D eigenvalue weighted by molar-refractivity contribution is -0.192. The molecule has 8 unspecified atom stereocenters. The highest BCUT2D eigenvalue weighted by atomic mass is 16.6. The molecule has 3 N–H and O–H groups in total. The van der Waals surface area contributed by atoms with Gasteiger partial charge in [-0.2, -0.15) is 0 Å². The number of aliphatic hydroxyl groups excluding tert-OH is 3. The number of hydrogen-bond donors (Lipinski definition) is 3. The highest BCUT2D eigenvalue weighted by Crippen LogP contribution is 2.34. The average Bonchev–Trinajstić information content (AvgIpc) is 2.71. The Labute approximate surface area is 172 Å². The van der Waals surface area contributed by atoms with Crippen molar-refractivity contribution < 1.29 is 39.1 Å². The van der Waals surface area contributed by atoms with Crippen LogP contribution in [0.1, 0.15) is 53.9 Å². The smallest absolute Gasteiger partial charge is 0.330 e. The van der Waals surface area contributed by atoms with Crippen molar-refractivity contribution in [2.75, 3.05) is 7.11 Å². The van der Waals surface area contributed by atoms with E-state index in [9.17, 15) is 24.9 Å². The van der Waals surface area contributed by atoms with Crippen LogP contribution in [0, 0.1) is 11.8 Å². The zero-order valence-electron chi connectivity index (χ0n) is 18.2. The number of methoxy groups -OCH3 is 1. The maximum Gasteiger partial charge on any atom is 0.330 e. The van der Waals surface area contributed by atoms with Gasteiger partial charge in [0.1, 0.15) is 17.8 Å². The van der Waals surface area contributed by atoms with Crippen LogP contribution >= 0.6 is 0 Å². The lowest BCUT2D eigenvalue weighted by Crippen LogP contribution is -2.58. The Morgan fingerprint density at radius 3 is 2.45 bits per heavy atom. The lowest BCUT2D eigenvalue weighted by atomic mass is 9.78. The first-order chi connectivity index (χ1) is 13.5. The number of rotatable bonds is 7. The number of hydrogen-bond acceptors (Lipinski definition) is 8. The molecule has 0 aromatic carbocycles. The first kappa shape index (κ1) is 25.6. The lowest BCUT2D eigenvalue weighted by Gasteiger charge is -2.41. The molecule has 1 fully saturated rings. The molecule has 8 atom stereocenters. The van der Waals surface area contributed by atoms with Crippen LogP contribution in [0.3, 0.4) is 0 Å². The van der Waals surface area contributed by atoms with Crippen molar-refractivity contribution in [1.29, 1.82) is 0 Å². The summed E-state index contributed by atoms with van der Waals surface area (Å²) >= 11 is 0. The van der Waals surface area contributed by atoms with Crippen LogP contribution in [0.15, 0.2) is 12.2 Å². The third kappa shape index (κ3) is 6.25. The van der Waals surface area contributed by atoms with E-state index in [-0.39, 0.29) is 0 Å². The highest BCUT2D eigenvalue weighted by Gasteiger charge is 2.52. The van der Waals surface area contributed by atoms with Crippen LogP contribution in [0.5, 0.6) is 0 Å². The molecule has 1 aliphatic rings. The molecule has 0 amide bonds. The molecule has 0 aliphatic carbocycles. The van der Waals surface area contributed by atoms with Crippen molar-refractivity contribution in [3.63, 3.8) is 0 Å². The SMILES string of the molecule is CCCCC(O)C=CC(=O)OC1C(C)OC(=O)C(C)C(O)C(C)(OC)C(O)C1C. The van der Waals surface area contributed by atoms with Crippen molar-refractivity contribution in [2.45, 2.75) is 90.0 Å². The fraction of sp³-hybridized carbons (Fsp3) is 0.810. The Morgan fingerprint density at radius 1 is 1.28 bits per heavy atom. The molecular formula is C21H36O8. The Balaban J connectivity index is 3.07. The third-order valence-corrected chi connectivity index (χ3v) is 5.80. The van der Waals surface area contributed by atoms with Crippen LogP contribution in [0.4, 0.5) is 0 Å². The summed E-state index contributed by atoms with van der Waals surface area (Å²) in [4.78, 5) is 24.7. The second-order valence-electron chi connectivity index (χ2n) is 8.04. The quantitative estimate of drug-likeness (QED) is 0.420. The first-order valence-electron chi connectivity index (χ1n) is 10.2. The van der Waals surface area contributed by atoms with Gasteiger partial charge in [0.2, 0.25) is 0 Å². The number of cyclic esters (lactones) is 1. The van der Waals surface area contributed by atoms with Gasteiger partial charge >= 0.3 is 11.9 Å². The van der Waals surface area contributed by atoms with Crippen molar-refractivity contribution in [3.05, 3.63) is 12.2 Å². The van der Waals surface area contributed by atoms with E-state index in [1.807, 2.05) is 6.92 Å². The van der Waals surface area contributed by atoms with Gasteiger partial charge in [0.05, 0.1) is 24.2 Å². The molecule has 8 heteroatoms. The molecule has 0 spiro atoms. The number of aliphatic hydroxyl groups is 3.